The van der Waals surface area contributed by atoms with E-state index < -0.39 is 35.3 Å². The average Bonchev–Trinajstić information content (AvgIpc) is 3.57. The first-order valence-electron chi connectivity index (χ1n) is 11.1. The SMILES string of the molecule is CCOc1ccc(N2C(=O)[C@H]3[C@@H](c4cccs4)N[C@](C(=O)OC)(c4ccccc4)[C@@H]3C2=O)cc1. The number of hydrogen-bond acceptors (Lipinski definition) is 7. The summed E-state index contributed by atoms with van der Waals surface area (Å²) in [6, 6.07) is 19.2. The molecule has 4 atom stereocenters. The molecule has 1 aromatic heterocycles. The van der Waals surface area contributed by atoms with Gasteiger partial charge in [-0.25, -0.2) is 9.69 Å². The summed E-state index contributed by atoms with van der Waals surface area (Å²) in [4.78, 5) is 43.3. The average molecular weight is 477 g/mol. The number of carbonyl (C=O) groups is 3. The Morgan fingerprint density at radius 3 is 2.38 bits per heavy atom. The van der Waals surface area contributed by atoms with Crippen molar-refractivity contribution in [3.8, 4) is 5.75 Å². The number of methoxy groups -OCH3 is 1. The minimum atomic E-state index is -1.50. The van der Waals surface area contributed by atoms with Crippen LogP contribution in [0.2, 0.25) is 0 Å². The maximum absolute atomic E-state index is 14.0. The highest BCUT2D eigenvalue weighted by Crippen LogP contribution is 2.54. The Balaban J connectivity index is 1.66. The van der Waals surface area contributed by atoms with E-state index in [2.05, 4.69) is 5.32 Å². The summed E-state index contributed by atoms with van der Waals surface area (Å²) in [7, 11) is 1.30. The number of benzene rings is 2. The molecule has 0 spiro atoms. The largest absolute Gasteiger partial charge is 0.494 e. The van der Waals surface area contributed by atoms with Gasteiger partial charge in [-0.3, -0.25) is 14.9 Å². The quantitative estimate of drug-likeness (QED) is 0.432. The molecule has 2 saturated heterocycles. The Morgan fingerprint density at radius 1 is 1.03 bits per heavy atom. The van der Waals surface area contributed by atoms with Crippen molar-refractivity contribution < 1.29 is 23.9 Å². The van der Waals surface area contributed by atoms with Gasteiger partial charge in [-0.15, -0.1) is 11.3 Å². The molecule has 2 fully saturated rings. The molecule has 8 heteroatoms. The minimum Gasteiger partial charge on any atom is -0.494 e. The van der Waals surface area contributed by atoms with Crippen molar-refractivity contribution in [3.05, 3.63) is 82.6 Å². The van der Waals surface area contributed by atoms with Crippen molar-refractivity contribution in [2.24, 2.45) is 11.8 Å². The molecule has 2 aliphatic heterocycles. The second-order valence-corrected chi connectivity index (χ2v) is 9.22. The third kappa shape index (κ3) is 3.25. The van der Waals surface area contributed by atoms with Crippen molar-refractivity contribution in [1.29, 1.82) is 0 Å². The molecule has 0 aliphatic carbocycles. The Kier molecular flexibility index (Phi) is 5.71. The van der Waals surface area contributed by atoms with Gasteiger partial charge in [0.15, 0.2) is 5.54 Å². The van der Waals surface area contributed by atoms with Gasteiger partial charge in [0, 0.05) is 4.88 Å². The molecule has 1 N–H and O–H groups in total. The first-order chi connectivity index (χ1) is 16.5. The zero-order valence-corrected chi connectivity index (χ0v) is 19.6. The van der Waals surface area contributed by atoms with E-state index in [0.717, 1.165) is 4.88 Å². The molecule has 34 heavy (non-hydrogen) atoms. The van der Waals surface area contributed by atoms with Crippen LogP contribution in [0.1, 0.15) is 23.4 Å². The summed E-state index contributed by atoms with van der Waals surface area (Å²) in [5.74, 6) is -2.45. The Labute approximate surface area is 201 Å². The molecular formula is C26H24N2O5S. The molecule has 5 rings (SSSR count). The molecule has 0 unspecified atom stereocenters. The van der Waals surface area contributed by atoms with Crippen LogP contribution >= 0.6 is 11.3 Å². The van der Waals surface area contributed by atoms with Crippen LogP contribution in [0.4, 0.5) is 5.69 Å². The highest BCUT2D eigenvalue weighted by atomic mass is 32.1. The Bertz CT molecular complexity index is 1210. The van der Waals surface area contributed by atoms with Crippen LogP contribution in [0, 0.1) is 11.8 Å². The molecule has 0 bridgehead atoms. The summed E-state index contributed by atoms with van der Waals surface area (Å²) in [6.07, 6.45) is 0. The molecule has 3 aromatic rings. The van der Waals surface area contributed by atoms with Crippen LogP contribution in [0.15, 0.2) is 72.1 Å². The Morgan fingerprint density at radius 2 is 1.76 bits per heavy atom. The molecular weight excluding hydrogens is 452 g/mol. The van der Waals surface area contributed by atoms with Crippen LogP contribution in [0.5, 0.6) is 5.75 Å². The maximum atomic E-state index is 14.0. The van der Waals surface area contributed by atoms with Crippen LogP contribution in [-0.2, 0) is 24.7 Å². The molecule has 0 saturated carbocycles. The Hall–Kier alpha value is -3.49. The lowest BCUT2D eigenvalue weighted by atomic mass is 9.75. The number of ether oxygens (including phenoxy) is 2. The van der Waals surface area contributed by atoms with Gasteiger partial charge < -0.3 is 9.47 Å². The topological polar surface area (TPSA) is 84.9 Å². The normalized spacial score (nSPS) is 25.9. The van der Waals surface area contributed by atoms with Crippen molar-refractivity contribution in [2.45, 2.75) is 18.5 Å². The minimum absolute atomic E-state index is 0.341. The number of nitrogens with one attached hydrogen (secondary N) is 1. The number of imide groups is 1. The van der Waals surface area contributed by atoms with Gasteiger partial charge in [0.25, 0.3) is 0 Å². The van der Waals surface area contributed by atoms with Gasteiger partial charge in [0.05, 0.1) is 37.3 Å². The smallest absolute Gasteiger partial charge is 0.331 e. The van der Waals surface area contributed by atoms with E-state index in [4.69, 9.17) is 9.47 Å². The van der Waals surface area contributed by atoms with Crippen molar-refractivity contribution in [2.75, 3.05) is 18.6 Å². The summed E-state index contributed by atoms with van der Waals surface area (Å²) >= 11 is 1.48. The highest BCUT2D eigenvalue weighted by Gasteiger charge is 2.69. The van der Waals surface area contributed by atoms with Crippen LogP contribution in [0.25, 0.3) is 0 Å². The van der Waals surface area contributed by atoms with Crippen molar-refractivity contribution in [3.63, 3.8) is 0 Å². The number of rotatable bonds is 6. The molecule has 3 heterocycles. The second-order valence-electron chi connectivity index (χ2n) is 8.25. The first kappa shape index (κ1) is 22.3. The predicted octanol–water partition coefficient (Wildman–Crippen LogP) is 3.67. The van der Waals surface area contributed by atoms with Crippen LogP contribution in [-0.4, -0.2) is 31.5 Å². The molecule has 174 valence electrons. The van der Waals surface area contributed by atoms with Crippen molar-refractivity contribution >= 4 is 34.8 Å². The highest BCUT2D eigenvalue weighted by molar-refractivity contribution is 7.10. The van der Waals surface area contributed by atoms with Gasteiger partial charge in [-0.2, -0.15) is 0 Å². The summed E-state index contributed by atoms with van der Waals surface area (Å²) < 4.78 is 10.7. The van der Waals surface area contributed by atoms with Gasteiger partial charge in [0.1, 0.15) is 5.75 Å². The lowest BCUT2D eigenvalue weighted by Gasteiger charge is -2.32. The molecule has 0 radical (unpaired) electrons. The number of anilines is 1. The monoisotopic (exact) mass is 476 g/mol. The fourth-order valence-electron chi connectivity index (χ4n) is 5.16. The zero-order valence-electron chi connectivity index (χ0n) is 18.8. The van der Waals surface area contributed by atoms with E-state index in [1.807, 2.05) is 30.5 Å². The molecule has 7 nitrogen and oxygen atoms in total. The van der Waals surface area contributed by atoms with E-state index in [1.165, 1.54) is 23.3 Å². The molecule has 2 aromatic carbocycles. The number of amides is 2. The van der Waals surface area contributed by atoms with Gasteiger partial charge in [0.2, 0.25) is 11.8 Å². The third-order valence-electron chi connectivity index (χ3n) is 6.55. The van der Waals surface area contributed by atoms with E-state index in [1.54, 1.807) is 48.5 Å². The summed E-state index contributed by atoms with van der Waals surface area (Å²) in [5.41, 5.74) is -0.461. The lowest BCUT2D eigenvalue weighted by molar-refractivity contribution is -0.152. The van der Waals surface area contributed by atoms with Crippen molar-refractivity contribution in [1.82, 2.24) is 5.32 Å². The molecule has 2 amide bonds. The zero-order chi connectivity index (χ0) is 23.9. The van der Waals surface area contributed by atoms with E-state index in [9.17, 15) is 14.4 Å². The van der Waals surface area contributed by atoms with Gasteiger partial charge in [-0.05, 0) is 48.2 Å². The number of carbonyl (C=O) groups excluding carboxylic acids is 3. The first-order valence-corrected chi connectivity index (χ1v) is 12.0. The number of hydrogen-bond donors (Lipinski definition) is 1. The third-order valence-corrected chi connectivity index (χ3v) is 7.51. The summed E-state index contributed by atoms with van der Waals surface area (Å²) in [5, 5.41) is 5.30. The van der Waals surface area contributed by atoms with E-state index in [0.29, 0.717) is 23.6 Å². The summed E-state index contributed by atoms with van der Waals surface area (Å²) in [6.45, 7) is 2.40. The lowest BCUT2D eigenvalue weighted by Crippen LogP contribution is -2.53. The second kappa shape index (κ2) is 8.70. The number of esters is 1. The number of fused-ring (bicyclic) bond motifs is 1. The predicted molar refractivity (Wildman–Crippen MR) is 127 cm³/mol. The standard InChI is InChI=1S/C26H24N2O5S/c1-3-33-18-13-11-17(12-14-18)28-23(29)20-21(24(28)30)26(25(31)32-2,16-8-5-4-6-9-16)27-22(20)19-10-7-15-34-19/h4-15,20-22,27H,3H2,1-2H3/t20-,21+,22-,26-/m1/s1. The maximum Gasteiger partial charge on any atom is 0.331 e. The molecule has 2 aliphatic rings. The van der Waals surface area contributed by atoms with Crippen LogP contribution < -0.4 is 15.0 Å². The number of thiophene rings is 1. The fourth-order valence-corrected chi connectivity index (χ4v) is 5.99. The fraction of sp³-hybridized carbons (Fsp3) is 0.269. The van der Waals surface area contributed by atoms with E-state index >= 15 is 0 Å². The van der Waals surface area contributed by atoms with Gasteiger partial charge >= 0.3 is 5.97 Å². The van der Waals surface area contributed by atoms with Crippen LogP contribution in [0.3, 0.4) is 0 Å². The number of nitrogens with zero attached hydrogens (tertiary/aromatic N) is 1. The van der Waals surface area contributed by atoms with E-state index in [-0.39, 0.29) is 5.91 Å². The van der Waals surface area contributed by atoms with Gasteiger partial charge in [-0.1, -0.05) is 36.4 Å².